The van der Waals surface area contributed by atoms with Crippen molar-refractivity contribution >= 4 is 22.0 Å². The predicted molar refractivity (Wildman–Crippen MR) is 67.3 cm³/mol. The van der Waals surface area contributed by atoms with E-state index in [9.17, 15) is 4.79 Å². The van der Waals surface area contributed by atoms with Gasteiger partial charge in [-0.2, -0.15) is 0 Å². The SMILES string of the molecule is CC(C)N1CC(c2cccc(Br)c2)NC1=O. The van der Waals surface area contributed by atoms with Gasteiger partial charge >= 0.3 is 6.03 Å². The lowest BCUT2D eigenvalue weighted by molar-refractivity contribution is 0.206. The van der Waals surface area contributed by atoms with Crippen LogP contribution in [0.1, 0.15) is 25.5 Å². The molecule has 0 saturated carbocycles. The summed E-state index contributed by atoms with van der Waals surface area (Å²) in [4.78, 5) is 13.5. The Morgan fingerprint density at radius 3 is 2.81 bits per heavy atom. The molecular weight excluding hydrogens is 268 g/mol. The zero-order valence-electron chi connectivity index (χ0n) is 9.40. The smallest absolute Gasteiger partial charge is 0.318 e. The number of hydrogen-bond donors (Lipinski definition) is 1. The van der Waals surface area contributed by atoms with Gasteiger partial charge in [0.2, 0.25) is 0 Å². The van der Waals surface area contributed by atoms with Gasteiger partial charge in [-0.1, -0.05) is 28.1 Å². The van der Waals surface area contributed by atoms with E-state index >= 15 is 0 Å². The lowest BCUT2D eigenvalue weighted by atomic mass is 10.1. The third-order valence-electron chi connectivity index (χ3n) is 2.81. The van der Waals surface area contributed by atoms with E-state index in [0.29, 0.717) is 0 Å². The summed E-state index contributed by atoms with van der Waals surface area (Å²) in [6.07, 6.45) is 0. The molecule has 0 aliphatic carbocycles. The Kier molecular flexibility index (Phi) is 3.19. The van der Waals surface area contributed by atoms with Crippen LogP contribution in [0.2, 0.25) is 0 Å². The number of nitrogens with one attached hydrogen (secondary N) is 1. The molecular formula is C12H15BrN2O. The second-order valence-electron chi connectivity index (χ2n) is 4.30. The Balaban J connectivity index is 2.17. The van der Waals surface area contributed by atoms with Crippen molar-refractivity contribution in [1.29, 1.82) is 0 Å². The van der Waals surface area contributed by atoms with E-state index in [1.54, 1.807) is 0 Å². The maximum Gasteiger partial charge on any atom is 0.318 e. The lowest BCUT2D eigenvalue weighted by Crippen LogP contribution is -2.33. The molecule has 1 heterocycles. The molecule has 0 radical (unpaired) electrons. The van der Waals surface area contributed by atoms with E-state index in [1.807, 2.05) is 36.9 Å². The Morgan fingerprint density at radius 1 is 1.50 bits per heavy atom. The van der Waals surface area contributed by atoms with Gasteiger partial charge in [0.1, 0.15) is 0 Å². The number of carbonyl (C=O) groups excluding carboxylic acids is 1. The summed E-state index contributed by atoms with van der Waals surface area (Å²) in [6, 6.07) is 8.45. The van der Waals surface area contributed by atoms with E-state index in [4.69, 9.17) is 0 Å². The molecule has 16 heavy (non-hydrogen) atoms. The van der Waals surface area contributed by atoms with Crippen LogP contribution in [0, 0.1) is 0 Å². The molecule has 4 heteroatoms. The van der Waals surface area contributed by atoms with Crippen molar-refractivity contribution in [2.24, 2.45) is 0 Å². The number of carbonyl (C=O) groups is 1. The van der Waals surface area contributed by atoms with Crippen LogP contribution in [0.5, 0.6) is 0 Å². The first-order valence-corrected chi connectivity index (χ1v) is 6.20. The number of benzene rings is 1. The second kappa shape index (κ2) is 4.45. The zero-order chi connectivity index (χ0) is 11.7. The van der Waals surface area contributed by atoms with Crippen molar-refractivity contribution in [2.45, 2.75) is 25.9 Å². The van der Waals surface area contributed by atoms with Gasteiger partial charge in [0, 0.05) is 17.1 Å². The molecule has 1 N–H and O–H groups in total. The average molecular weight is 283 g/mol. The van der Waals surface area contributed by atoms with E-state index in [0.717, 1.165) is 16.6 Å². The molecule has 0 bridgehead atoms. The van der Waals surface area contributed by atoms with Crippen LogP contribution in [0.3, 0.4) is 0 Å². The van der Waals surface area contributed by atoms with E-state index in [-0.39, 0.29) is 18.1 Å². The van der Waals surface area contributed by atoms with E-state index in [1.165, 1.54) is 0 Å². The average Bonchev–Trinajstić information content (AvgIpc) is 2.60. The highest BCUT2D eigenvalue weighted by Crippen LogP contribution is 2.24. The van der Waals surface area contributed by atoms with Gasteiger partial charge in [-0.25, -0.2) is 4.79 Å². The van der Waals surface area contributed by atoms with Crippen LogP contribution in [-0.2, 0) is 0 Å². The largest absolute Gasteiger partial charge is 0.329 e. The topological polar surface area (TPSA) is 32.3 Å². The van der Waals surface area contributed by atoms with Crippen LogP contribution in [0.15, 0.2) is 28.7 Å². The number of rotatable bonds is 2. The molecule has 1 atom stereocenters. The number of urea groups is 1. The molecule has 86 valence electrons. The van der Waals surface area contributed by atoms with Crippen LogP contribution >= 0.6 is 15.9 Å². The number of nitrogens with zero attached hydrogens (tertiary/aromatic N) is 1. The van der Waals surface area contributed by atoms with Crippen LogP contribution in [-0.4, -0.2) is 23.5 Å². The van der Waals surface area contributed by atoms with Crippen molar-refractivity contribution in [3.8, 4) is 0 Å². The Hall–Kier alpha value is -1.03. The first-order chi connectivity index (χ1) is 7.58. The molecule has 2 rings (SSSR count). The minimum Gasteiger partial charge on any atom is -0.329 e. The summed E-state index contributed by atoms with van der Waals surface area (Å²) in [6.45, 7) is 4.80. The normalized spacial score (nSPS) is 20.4. The summed E-state index contributed by atoms with van der Waals surface area (Å²) >= 11 is 3.44. The maximum absolute atomic E-state index is 11.7. The highest BCUT2D eigenvalue weighted by atomic mass is 79.9. The first kappa shape index (κ1) is 11.5. The minimum absolute atomic E-state index is 0.0278. The minimum atomic E-state index is 0.0278. The molecule has 2 amide bonds. The van der Waals surface area contributed by atoms with Gasteiger partial charge < -0.3 is 10.2 Å². The van der Waals surface area contributed by atoms with Gasteiger partial charge in [0.05, 0.1) is 6.04 Å². The highest BCUT2D eigenvalue weighted by molar-refractivity contribution is 9.10. The van der Waals surface area contributed by atoms with Crippen molar-refractivity contribution in [1.82, 2.24) is 10.2 Å². The second-order valence-corrected chi connectivity index (χ2v) is 5.22. The number of halogens is 1. The van der Waals surface area contributed by atoms with Crippen molar-refractivity contribution in [3.05, 3.63) is 34.3 Å². The predicted octanol–water partition coefficient (Wildman–Crippen LogP) is 2.92. The van der Waals surface area contributed by atoms with Gasteiger partial charge in [-0.05, 0) is 31.5 Å². The number of hydrogen-bond acceptors (Lipinski definition) is 1. The molecule has 1 aliphatic heterocycles. The quantitative estimate of drug-likeness (QED) is 0.889. The van der Waals surface area contributed by atoms with Crippen molar-refractivity contribution in [3.63, 3.8) is 0 Å². The highest BCUT2D eigenvalue weighted by Gasteiger charge is 2.31. The summed E-state index contributed by atoms with van der Waals surface area (Å²) in [5.74, 6) is 0. The van der Waals surface area contributed by atoms with Crippen LogP contribution in [0.4, 0.5) is 4.79 Å². The molecule has 1 aliphatic rings. The Morgan fingerprint density at radius 2 is 2.25 bits per heavy atom. The Bertz CT molecular complexity index is 406. The van der Waals surface area contributed by atoms with Crippen LogP contribution in [0.25, 0.3) is 0 Å². The Labute approximate surface area is 104 Å². The first-order valence-electron chi connectivity index (χ1n) is 5.40. The molecule has 1 aromatic rings. The van der Waals surface area contributed by atoms with E-state index in [2.05, 4.69) is 27.3 Å². The summed E-state index contributed by atoms with van der Waals surface area (Å²) in [5, 5.41) is 2.99. The van der Waals surface area contributed by atoms with Gasteiger partial charge in [-0.15, -0.1) is 0 Å². The molecule has 1 aromatic carbocycles. The monoisotopic (exact) mass is 282 g/mol. The van der Waals surface area contributed by atoms with Gasteiger partial charge in [-0.3, -0.25) is 0 Å². The maximum atomic E-state index is 11.7. The van der Waals surface area contributed by atoms with Gasteiger partial charge in [0.15, 0.2) is 0 Å². The van der Waals surface area contributed by atoms with Crippen molar-refractivity contribution in [2.75, 3.05) is 6.54 Å². The lowest BCUT2D eigenvalue weighted by Gasteiger charge is -2.18. The molecule has 1 fully saturated rings. The van der Waals surface area contributed by atoms with E-state index < -0.39 is 0 Å². The number of amides is 2. The molecule has 1 unspecified atom stereocenters. The third kappa shape index (κ3) is 2.21. The summed E-state index contributed by atoms with van der Waals surface area (Å²) in [7, 11) is 0. The fraction of sp³-hybridized carbons (Fsp3) is 0.417. The molecule has 3 nitrogen and oxygen atoms in total. The third-order valence-corrected chi connectivity index (χ3v) is 3.31. The van der Waals surface area contributed by atoms with Crippen LogP contribution < -0.4 is 5.32 Å². The fourth-order valence-electron chi connectivity index (χ4n) is 1.91. The molecule has 0 aromatic heterocycles. The molecule has 1 saturated heterocycles. The van der Waals surface area contributed by atoms with Gasteiger partial charge in [0.25, 0.3) is 0 Å². The summed E-state index contributed by atoms with van der Waals surface area (Å²) < 4.78 is 1.04. The standard InChI is InChI=1S/C12H15BrN2O/c1-8(2)15-7-11(14-12(15)16)9-4-3-5-10(13)6-9/h3-6,8,11H,7H2,1-2H3,(H,14,16). The van der Waals surface area contributed by atoms with Crippen molar-refractivity contribution < 1.29 is 4.79 Å². The fourth-order valence-corrected chi connectivity index (χ4v) is 2.33. The molecule has 0 spiro atoms. The summed E-state index contributed by atoms with van der Waals surface area (Å²) in [5.41, 5.74) is 1.14. The zero-order valence-corrected chi connectivity index (χ0v) is 11.0.